The summed E-state index contributed by atoms with van der Waals surface area (Å²) >= 11 is 0. The number of amides is 2. The molecule has 1 rings (SSSR count). The van der Waals surface area contributed by atoms with Crippen molar-refractivity contribution in [2.75, 3.05) is 13.1 Å². The Kier molecular flexibility index (Phi) is 16.6. The summed E-state index contributed by atoms with van der Waals surface area (Å²) in [5.41, 5.74) is 14.7. The zero-order chi connectivity index (χ0) is 20.1. The summed E-state index contributed by atoms with van der Waals surface area (Å²) in [6.45, 7) is 5.86. The first-order chi connectivity index (χ1) is 12.9. The van der Waals surface area contributed by atoms with Crippen LogP contribution in [0.3, 0.4) is 0 Å². The average molecular weight is 461 g/mol. The number of nitrogens with two attached hydrogens (primary N) is 1. The molecule has 0 fully saturated rings. The Balaban J connectivity index is 0.00000729. The van der Waals surface area contributed by atoms with Gasteiger partial charge in [-0.25, -0.2) is 0 Å². The molecule has 0 spiro atoms. The van der Waals surface area contributed by atoms with Crippen LogP contribution >= 0.6 is 0 Å². The van der Waals surface area contributed by atoms with Gasteiger partial charge in [0.25, 0.3) is 5.91 Å². The Morgan fingerprint density at radius 2 is 1.54 bits per heavy atom. The fourth-order valence-corrected chi connectivity index (χ4v) is 2.72. The van der Waals surface area contributed by atoms with Gasteiger partial charge in [-0.1, -0.05) is 44.4 Å². The summed E-state index contributed by atoms with van der Waals surface area (Å²) < 4.78 is 0. The molecule has 0 aliphatic carbocycles. The molecule has 7 heteroatoms. The van der Waals surface area contributed by atoms with Crippen molar-refractivity contribution >= 4 is 11.8 Å². The largest absolute Gasteiger partial charge is 1.00 e. The van der Waals surface area contributed by atoms with E-state index >= 15 is 0 Å². The van der Waals surface area contributed by atoms with Crippen molar-refractivity contribution in [3.8, 4) is 0 Å². The predicted octanol–water partition coefficient (Wildman–Crippen LogP) is 0.413. The van der Waals surface area contributed by atoms with E-state index in [0.717, 1.165) is 31.2 Å². The van der Waals surface area contributed by atoms with E-state index in [9.17, 15) is 9.59 Å². The van der Waals surface area contributed by atoms with Crippen LogP contribution in [0.4, 0.5) is 0 Å². The Bertz CT molecular complexity index is 564. The van der Waals surface area contributed by atoms with Crippen molar-refractivity contribution in [2.24, 2.45) is 11.7 Å². The van der Waals surface area contributed by atoms with E-state index in [1.807, 2.05) is 0 Å². The van der Waals surface area contributed by atoms with Crippen molar-refractivity contribution in [1.29, 1.82) is 0 Å². The van der Waals surface area contributed by atoms with Gasteiger partial charge in [-0.2, -0.15) is 0 Å². The van der Waals surface area contributed by atoms with E-state index in [0.29, 0.717) is 31.0 Å². The minimum Gasteiger partial charge on any atom is -0.674 e. The fourth-order valence-electron chi connectivity index (χ4n) is 2.72. The quantitative estimate of drug-likeness (QED) is 0.371. The normalized spacial score (nSPS) is 11.6. The van der Waals surface area contributed by atoms with Crippen LogP contribution in [-0.2, 0) is 11.3 Å². The molecule has 0 heterocycles. The molecule has 1 atom stereocenters. The zero-order valence-corrected chi connectivity index (χ0v) is 22.6. The number of hydrogen-bond donors (Lipinski definition) is 3. The van der Waals surface area contributed by atoms with Crippen molar-refractivity contribution < 1.29 is 67.8 Å². The number of unbranched alkanes of at least 4 members (excludes halogenated alkanes) is 2. The van der Waals surface area contributed by atoms with Crippen LogP contribution < -0.4 is 74.6 Å². The van der Waals surface area contributed by atoms with E-state index in [1.54, 1.807) is 24.3 Å². The molecule has 0 aromatic heterocycles. The molecule has 5 N–H and O–H groups in total. The standard InChI is InChI=1S/C21H35N4O2.Rb/c1-16(2)7-3-5-14-25-21(27)19(23)8-4-6-13-24-20(26)18-11-9-17(15-22)10-12-18;/h9-12,16,19,22H,3-8,13-15,23H2,1-2H3,(H,24,26)(H,25,27);/q-1;+1/t19-;/m1./s1. The second-order valence-electron chi connectivity index (χ2n) is 7.41. The maximum atomic E-state index is 12.0. The molecule has 0 aliphatic rings. The summed E-state index contributed by atoms with van der Waals surface area (Å²) in [6, 6.07) is 6.58. The van der Waals surface area contributed by atoms with Gasteiger partial charge in [-0.15, -0.1) is 6.54 Å². The monoisotopic (exact) mass is 460 g/mol. The molecule has 0 radical (unpaired) electrons. The summed E-state index contributed by atoms with van der Waals surface area (Å²) in [7, 11) is 0. The van der Waals surface area contributed by atoms with Crippen LogP contribution in [0.1, 0.15) is 68.3 Å². The molecule has 0 saturated heterocycles. The molecule has 0 saturated carbocycles. The first-order valence-electron chi connectivity index (χ1n) is 9.99. The maximum Gasteiger partial charge on any atom is 1.00 e. The molecule has 2 amide bonds. The third kappa shape index (κ3) is 12.4. The zero-order valence-electron chi connectivity index (χ0n) is 17.7. The number of carbonyl (C=O) groups is 2. The van der Waals surface area contributed by atoms with Crippen molar-refractivity contribution in [3.63, 3.8) is 0 Å². The average Bonchev–Trinajstić information content (AvgIpc) is 2.66. The van der Waals surface area contributed by atoms with Crippen LogP contribution in [0.25, 0.3) is 5.73 Å². The molecule has 28 heavy (non-hydrogen) atoms. The molecular weight excluding hydrogens is 426 g/mol. The molecule has 6 nitrogen and oxygen atoms in total. The van der Waals surface area contributed by atoms with Gasteiger partial charge in [0.2, 0.25) is 5.91 Å². The Morgan fingerprint density at radius 1 is 0.964 bits per heavy atom. The topological polar surface area (TPSA) is 108 Å². The molecule has 152 valence electrons. The van der Waals surface area contributed by atoms with Crippen LogP contribution in [0, 0.1) is 5.92 Å². The first kappa shape index (κ1) is 27.9. The summed E-state index contributed by atoms with van der Waals surface area (Å²) in [5, 5.41) is 5.77. The number of nitrogens with one attached hydrogen (secondary N) is 3. The summed E-state index contributed by atoms with van der Waals surface area (Å²) in [5.74, 6) is 0.499. The van der Waals surface area contributed by atoms with Crippen molar-refractivity contribution in [2.45, 2.75) is 65.0 Å². The Hall–Kier alpha value is -0.115. The molecule has 1 aromatic carbocycles. The number of rotatable bonds is 13. The third-order valence-corrected chi connectivity index (χ3v) is 4.49. The van der Waals surface area contributed by atoms with E-state index in [1.165, 1.54) is 6.42 Å². The summed E-state index contributed by atoms with van der Waals surface area (Å²) in [4.78, 5) is 23.9. The van der Waals surface area contributed by atoms with E-state index in [-0.39, 0.29) is 76.5 Å². The van der Waals surface area contributed by atoms with Gasteiger partial charge in [-0.05, 0) is 43.7 Å². The van der Waals surface area contributed by atoms with E-state index in [4.69, 9.17) is 11.5 Å². The minimum absolute atomic E-state index is 0. The third-order valence-electron chi connectivity index (χ3n) is 4.49. The van der Waals surface area contributed by atoms with Gasteiger partial charge >= 0.3 is 58.2 Å². The SMILES string of the molecule is CC(C)CCCCNC(=O)[C@H](N)CCCCNC(=O)c1ccc(C[NH-])cc1.[Rb+]. The fraction of sp³-hybridized carbons (Fsp3) is 0.619. The van der Waals surface area contributed by atoms with Gasteiger partial charge in [0.05, 0.1) is 6.04 Å². The van der Waals surface area contributed by atoms with Crippen molar-refractivity contribution in [3.05, 3.63) is 41.1 Å². The van der Waals surface area contributed by atoms with Gasteiger partial charge in [0.1, 0.15) is 0 Å². The van der Waals surface area contributed by atoms with Crippen LogP contribution in [-0.4, -0.2) is 30.9 Å². The Labute approximate surface area is 218 Å². The molecule has 0 unspecified atom stereocenters. The Morgan fingerprint density at radius 3 is 2.11 bits per heavy atom. The number of benzene rings is 1. The second-order valence-corrected chi connectivity index (χ2v) is 7.41. The molecule has 0 aliphatic heterocycles. The number of hydrogen-bond acceptors (Lipinski definition) is 3. The van der Waals surface area contributed by atoms with Crippen molar-refractivity contribution in [1.82, 2.24) is 10.6 Å². The van der Waals surface area contributed by atoms with Gasteiger partial charge < -0.3 is 22.1 Å². The molecular formula is C21H35N4O2Rb. The predicted molar refractivity (Wildman–Crippen MR) is 110 cm³/mol. The molecule has 0 bridgehead atoms. The number of carbonyl (C=O) groups excluding carboxylic acids is 2. The second kappa shape index (κ2) is 16.7. The van der Waals surface area contributed by atoms with Gasteiger partial charge in [-0.3, -0.25) is 9.59 Å². The minimum atomic E-state index is -0.483. The van der Waals surface area contributed by atoms with Crippen LogP contribution in [0.15, 0.2) is 24.3 Å². The van der Waals surface area contributed by atoms with E-state index < -0.39 is 6.04 Å². The molecule has 1 aromatic rings. The van der Waals surface area contributed by atoms with Crippen LogP contribution in [0.5, 0.6) is 0 Å². The maximum absolute atomic E-state index is 12.0. The smallest absolute Gasteiger partial charge is 0.674 e. The van der Waals surface area contributed by atoms with Gasteiger partial charge in [0.15, 0.2) is 0 Å². The first-order valence-corrected chi connectivity index (χ1v) is 9.99. The van der Waals surface area contributed by atoms with Crippen LogP contribution in [0.2, 0.25) is 0 Å². The van der Waals surface area contributed by atoms with Gasteiger partial charge in [0, 0.05) is 18.7 Å². The van der Waals surface area contributed by atoms with E-state index in [2.05, 4.69) is 24.5 Å². The summed E-state index contributed by atoms with van der Waals surface area (Å²) in [6.07, 6.45) is 5.49.